The highest BCUT2D eigenvalue weighted by Crippen LogP contribution is 2.31. The molecule has 0 spiro atoms. The quantitative estimate of drug-likeness (QED) is 0.125. The zero-order chi connectivity index (χ0) is 24.9. The van der Waals surface area contributed by atoms with Gasteiger partial charge in [0.2, 0.25) is 0 Å². The number of nitrogens with one attached hydrogen (secondary N) is 1. The number of benzene rings is 4. The summed E-state index contributed by atoms with van der Waals surface area (Å²) in [7, 11) is 0. The van der Waals surface area contributed by atoms with Crippen LogP contribution in [0.2, 0.25) is 5.02 Å². The van der Waals surface area contributed by atoms with Crippen molar-refractivity contribution < 1.29 is 9.53 Å². The average molecular weight is 705 g/mol. The van der Waals surface area contributed by atoms with Crippen LogP contribution in [0.3, 0.4) is 0 Å². The van der Waals surface area contributed by atoms with Crippen molar-refractivity contribution in [2.45, 2.75) is 13.5 Å². The first-order valence-corrected chi connectivity index (χ1v) is 13.2. The molecule has 1 N–H and O–H groups in total. The van der Waals surface area contributed by atoms with Gasteiger partial charge in [-0.3, -0.25) is 4.79 Å². The molecule has 0 unspecified atom stereocenters. The average Bonchev–Trinajstić information content (AvgIpc) is 2.84. The van der Waals surface area contributed by atoms with E-state index in [0.717, 1.165) is 29.6 Å². The first-order chi connectivity index (χ1) is 16.8. The van der Waals surface area contributed by atoms with Crippen molar-refractivity contribution >= 4 is 85.2 Å². The summed E-state index contributed by atoms with van der Waals surface area (Å²) in [5.74, 6) is 0.286. The SMILES string of the molecule is Cc1ccc(Cl)cc1NC(=O)/C(C#N)=C/c1cc(I)c(OCc2ccc3ccccc3c2)c(I)c1. The zero-order valence-electron chi connectivity index (χ0n) is 18.6. The molecule has 7 heteroatoms. The van der Waals surface area contributed by atoms with Crippen LogP contribution < -0.4 is 10.1 Å². The second-order valence-electron chi connectivity index (χ2n) is 7.87. The zero-order valence-corrected chi connectivity index (χ0v) is 23.7. The van der Waals surface area contributed by atoms with Crippen LogP contribution in [0.1, 0.15) is 16.7 Å². The van der Waals surface area contributed by atoms with Gasteiger partial charge in [-0.2, -0.15) is 5.26 Å². The van der Waals surface area contributed by atoms with Gasteiger partial charge in [0, 0.05) is 10.7 Å². The van der Waals surface area contributed by atoms with Gasteiger partial charge in [-0.15, -0.1) is 0 Å². The van der Waals surface area contributed by atoms with Crippen molar-refractivity contribution in [1.29, 1.82) is 5.26 Å². The van der Waals surface area contributed by atoms with E-state index in [1.165, 1.54) is 10.8 Å². The van der Waals surface area contributed by atoms with E-state index in [2.05, 4.69) is 80.8 Å². The maximum Gasteiger partial charge on any atom is 0.266 e. The first kappa shape index (κ1) is 25.5. The monoisotopic (exact) mass is 704 g/mol. The number of aryl methyl sites for hydroxylation is 1. The van der Waals surface area contributed by atoms with E-state index >= 15 is 0 Å². The molecule has 0 fully saturated rings. The van der Waals surface area contributed by atoms with Gasteiger partial charge in [-0.25, -0.2) is 0 Å². The maximum absolute atomic E-state index is 12.7. The standard InChI is InChI=1S/C28H19ClI2N2O2/c1-17-6-9-23(29)14-26(17)33-28(34)22(15-32)11-19-12-24(30)27(25(31)13-19)35-16-18-7-8-20-4-2-3-5-21(20)10-18/h2-14H,16H2,1H3,(H,33,34)/b22-11+. The van der Waals surface area contributed by atoms with Crippen molar-refractivity contribution in [3.63, 3.8) is 0 Å². The molecule has 0 atom stereocenters. The summed E-state index contributed by atoms with van der Waals surface area (Å²) in [5, 5.41) is 15.3. The smallest absolute Gasteiger partial charge is 0.266 e. The number of carbonyl (C=O) groups excluding carboxylic acids is 1. The van der Waals surface area contributed by atoms with E-state index in [1.807, 2.05) is 43.3 Å². The van der Waals surface area contributed by atoms with Crippen LogP contribution in [0.4, 0.5) is 5.69 Å². The summed E-state index contributed by atoms with van der Waals surface area (Å²) in [4.78, 5) is 12.7. The molecule has 1 amide bonds. The maximum atomic E-state index is 12.7. The van der Waals surface area contributed by atoms with Crippen molar-refractivity contribution in [1.82, 2.24) is 0 Å². The lowest BCUT2D eigenvalue weighted by molar-refractivity contribution is -0.112. The molecule has 0 aliphatic rings. The number of halogens is 3. The summed E-state index contributed by atoms with van der Waals surface area (Å²) in [5.41, 5.74) is 3.26. The molecular formula is C28H19ClI2N2O2. The molecule has 0 bridgehead atoms. The number of ether oxygens (including phenoxy) is 1. The molecule has 4 aromatic rings. The Balaban J connectivity index is 1.51. The number of nitriles is 1. The predicted molar refractivity (Wildman–Crippen MR) is 159 cm³/mol. The van der Waals surface area contributed by atoms with Gasteiger partial charge in [0.05, 0.1) is 7.14 Å². The molecule has 0 aliphatic carbocycles. The van der Waals surface area contributed by atoms with Crippen LogP contribution >= 0.6 is 56.8 Å². The lowest BCUT2D eigenvalue weighted by Crippen LogP contribution is -2.14. The van der Waals surface area contributed by atoms with Crippen LogP contribution in [0.5, 0.6) is 5.75 Å². The lowest BCUT2D eigenvalue weighted by Gasteiger charge is -2.12. The Morgan fingerprint density at radius 2 is 1.74 bits per heavy atom. The minimum absolute atomic E-state index is 0.000748. The van der Waals surface area contributed by atoms with Crippen LogP contribution in [0, 0.1) is 25.4 Å². The fraction of sp³-hybridized carbons (Fsp3) is 0.0714. The summed E-state index contributed by atoms with van der Waals surface area (Å²) in [6.45, 7) is 2.31. The number of fused-ring (bicyclic) bond motifs is 1. The largest absolute Gasteiger partial charge is 0.487 e. The molecular weight excluding hydrogens is 686 g/mol. The molecule has 35 heavy (non-hydrogen) atoms. The highest BCUT2D eigenvalue weighted by Gasteiger charge is 2.14. The Morgan fingerprint density at radius 3 is 2.46 bits per heavy atom. The van der Waals surface area contributed by atoms with E-state index < -0.39 is 5.91 Å². The third-order valence-corrected chi connectivity index (χ3v) is 7.18. The Bertz CT molecular complexity index is 1490. The van der Waals surface area contributed by atoms with Gasteiger partial charge >= 0.3 is 0 Å². The van der Waals surface area contributed by atoms with Crippen molar-refractivity contribution in [2.24, 2.45) is 0 Å². The molecule has 4 rings (SSSR count). The number of carbonyl (C=O) groups is 1. The minimum atomic E-state index is -0.487. The number of anilines is 1. The first-order valence-electron chi connectivity index (χ1n) is 10.6. The number of rotatable bonds is 6. The topological polar surface area (TPSA) is 62.1 Å². The van der Waals surface area contributed by atoms with Gasteiger partial charge in [0.1, 0.15) is 24.0 Å². The van der Waals surface area contributed by atoms with Crippen LogP contribution in [0.25, 0.3) is 16.8 Å². The molecule has 0 heterocycles. The molecule has 4 aromatic carbocycles. The Hall–Kier alpha value is -2.61. The van der Waals surface area contributed by atoms with Gasteiger partial charge < -0.3 is 10.1 Å². The Labute approximate surface area is 236 Å². The van der Waals surface area contributed by atoms with E-state index in [9.17, 15) is 10.1 Å². The Kier molecular flexibility index (Phi) is 8.31. The molecule has 0 saturated carbocycles. The number of amides is 1. The molecule has 0 radical (unpaired) electrons. The fourth-order valence-electron chi connectivity index (χ4n) is 3.52. The van der Waals surface area contributed by atoms with Gasteiger partial charge in [-0.05, 0) is 116 Å². The summed E-state index contributed by atoms with van der Waals surface area (Å²) in [6.07, 6.45) is 1.58. The highest BCUT2D eigenvalue weighted by molar-refractivity contribution is 14.1. The number of nitrogens with zero attached hydrogens (tertiary/aromatic N) is 1. The van der Waals surface area contributed by atoms with E-state index in [1.54, 1.807) is 18.2 Å². The minimum Gasteiger partial charge on any atom is -0.487 e. The van der Waals surface area contributed by atoms with Crippen molar-refractivity contribution in [3.05, 3.63) is 107 Å². The predicted octanol–water partition coefficient (Wildman–Crippen LogP) is 8.14. The van der Waals surface area contributed by atoms with Gasteiger partial charge in [0.25, 0.3) is 5.91 Å². The second kappa shape index (κ2) is 11.4. The Morgan fingerprint density at radius 1 is 1.03 bits per heavy atom. The second-order valence-corrected chi connectivity index (χ2v) is 10.6. The molecule has 4 nitrogen and oxygen atoms in total. The normalized spacial score (nSPS) is 11.2. The molecule has 0 aromatic heterocycles. The van der Waals surface area contributed by atoms with Crippen molar-refractivity contribution in [3.8, 4) is 11.8 Å². The summed E-state index contributed by atoms with van der Waals surface area (Å²) in [6, 6.07) is 25.5. The third kappa shape index (κ3) is 6.34. The summed E-state index contributed by atoms with van der Waals surface area (Å²) < 4.78 is 7.93. The number of hydrogen-bond acceptors (Lipinski definition) is 3. The highest BCUT2D eigenvalue weighted by atomic mass is 127. The fourth-order valence-corrected chi connectivity index (χ4v) is 5.82. The molecule has 0 aliphatic heterocycles. The van der Waals surface area contributed by atoms with Gasteiger partial charge in [0.15, 0.2) is 0 Å². The molecule has 174 valence electrons. The molecule has 0 saturated heterocycles. The van der Waals surface area contributed by atoms with Gasteiger partial charge in [-0.1, -0.05) is 54.1 Å². The van der Waals surface area contributed by atoms with Crippen LogP contribution in [-0.2, 0) is 11.4 Å². The van der Waals surface area contributed by atoms with E-state index in [0.29, 0.717) is 17.3 Å². The van der Waals surface area contributed by atoms with E-state index in [-0.39, 0.29) is 5.57 Å². The number of hydrogen-bond donors (Lipinski definition) is 1. The van der Waals surface area contributed by atoms with E-state index in [4.69, 9.17) is 16.3 Å². The van der Waals surface area contributed by atoms with Crippen molar-refractivity contribution in [2.75, 3.05) is 5.32 Å². The summed E-state index contributed by atoms with van der Waals surface area (Å²) >= 11 is 10.5. The lowest BCUT2D eigenvalue weighted by atomic mass is 10.1. The van der Waals surface area contributed by atoms with Crippen LogP contribution in [0.15, 0.2) is 78.4 Å². The van der Waals surface area contributed by atoms with Crippen LogP contribution in [-0.4, -0.2) is 5.91 Å². The third-order valence-electron chi connectivity index (χ3n) is 5.34.